The molecule has 4 atom stereocenters. The Morgan fingerprint density at radius 3 is 1.73 bits per heavy atom. The average molecular weight is 216 g/mol. The monoisotopic (exact) mass is 216 g/mol. The van der Waals surface area contributed by atoms with Crippen molar-refractivity contribution in [3.8, 4) is 0 Å². The topological polar surface area (TPSA) is 29.5 Å². The van der Waals surface area contributed by atoms with Crippen molar-refractivity contribution in [1.29, 1.82) is 0 Å². The van der Waals surface area contributed by atoms with Gasteiger partial charge in [0.1, 0.15) is 0 Å². The van der Waals surface area contributed by atoms with Crippen molar-refractivity contribution in [3.05, 3.63) is 0 Å². The van der Waals surface area contributed by atoms with Crippen LogP contribution in [0.1, 0.15) is 60.3 Å². The minimum atomic E-state index is -0.312. The van der Waals surface area contributed by atoms with Gasteiger partial charge in [0.25, 0.3) is 0 Å². The summed E-state index contributed by atoms with van der Waals surface area (Å²) in [5.74, 6) is 0.577. The quantitative estimate of drug-likeness (QED) is 0.674. The van der Waals surface area contributed by atoms with Gasteiger partial charge in [0.15, 0.2) is 0 Å². The molecular formula is C13H28O2. The highest BCUT2D eigenvalue weighted by Crippen LogP contribution is 2.19. The van der Waals surface area contributed by atoms with Crippen molar-refractivity contribution in [2.75, 3.05) is 0 Å². The van der Waals surface area contributed by atoms with Gasteiger partial charge in [-0.3, -0.25) is 0 Å². The van der Waals surface area contributed by atoms with Gasteiger partial charge in [0, 0.05) is 0 Å². The molecule has 1 N–H and O–H groups in total. The molecular weight excluding hydrogens is 188 g/mol. The number of hydrogen-bond donors (Lipinski definition) is 1. The van der Waals surface area contributed by atoms with E-state index >= 15 is 0 Å². The van der Waals surface area contributed by atoms with Gasteiger partial charge in [-0.1, -0.05) is 41.0 Å². The summed E-state index contributed by atoms with van der Waals surface area (Å²) in [5, 5.41) is 9.79. The Labute approximate surface area is 95.0 Å². The Morgan fingerprint density at radius 2 is 1.40 bits per heavy atom. The fourth-order valence-electron chi connectivity index (χ4n) is 1.84. The largest absolute Gasteiger partial charge is 0.390 e. The van der Waals surface area contributed by atoms with Crippen LogP contribution in [0.4, 0.5) is 0 Å². The third-order valence-corrected chi connectivity index (χ3v) is 3.28. The van der Waals surface area contributed by atoms with Crippen LogP contribution >= 0.6 is 0 Å². The summed E-state index contributed by atoms with van der Waals surface area (Å²) in [6.45, 7) is 10.6. The Balaban J connectivity index is 4.23. The summed E-state index contributed by atoms with van der Waals surface area (Å²) in [7, 11) is 0. The lowest BCUT2D eigenvalue weighted by atomic mass is 9.99. The molecule has 0 bridgehead atoms. The van der Waals surface area contributed by atoms with Crippen LogP contribution in [0.15, 0.2) is 0 Å². The molecule has 0 aliphatic heterocycles. The van der Waals surface area contributed by atoms with E-state index in [9.17, 15) is 5.11 Å². The van der Waals surface area contributed by atoms with E-state index in [1.807, 2.05) is 6.92 Å². The van der Waals surface area contributed by atoms with Crippen LogP contribution in [0.2, 0.25) is 0 Å². The second-order valence-corrected chi connectivity index (χ2v) is 4.39. The van der Waals surface area contributed by atoms with Crippen molar-refractivity contribution >= 4 is 0 Å². The zero-order valence-electron chi connectivity index (χ0n) is 11.0. The van der Waals surface area contributed by atoms with E-state index in [1.54, 1.807) is 0 Å². The van der Waals surface area contributed by atoms with Crippen LogP contribution in [-0.4, -0.2) is 23.4 Å². The molecule has 0 fully saturated rings. The molecule has 0 aromatic carbocycles. The molecule has 0 rings (SSSR count). The maximum Gasteiger partial charge on any atom is 0.0835 e. The number of aliphatic hydroxyl groups is 1. The van der Waals surface area contributed by atoms with Crippen molar-refractivity contribution in [1.82, 2.24) is 0 Å². The van der Waals surface area contributed by atoms with Crippen molar-refractivity contribution in [2.24, 2.45) is 5.92 Å². The summed E-state index contributed by atoms with van der Waals surface area (Å²) in [6.07, 6.45) is 3.82. The lowest BCUT2D eigenvalue weighted by molar-refractivity contribution is -0.0969. The van der Waals surface area contributed by atoms with Gasteiger partial charge in [0.05, 0.1) is 18.3 Å². The number of hydrogen-bond acceptors (Lipinski definition) is 2. The molecule has 0 saturated carbocycles. The fraction of sp³-hybridized carbons (Fsp3) is 1.00. The lowest BCUT2D eigenvalue weighted by Gasteiger charge is -2.29. The SMILES string of the molecule is CCC(C)C(CC)OC(CC)C(O)CC. The van der Waals surface area contributed by atoms with E-state index in [2.05, 4.69) is 27.7 Å². The van der Waals surface area contributed by atoms with E-state index in [1.165, 1.54) is 0 Å². The molecule has 0 saturated heterocycles. The summed E-state index contributed by atoms with van der Waals surface area (Å²) in [5.41, 5.74) is 0. The molecule has 0 aliphatic rings. The second kappa shape index (κ2) is 8.12. The van der Waals surface area contributed by atoms with Gasteiger partial charge in [0.2, 0.25) is 0 Å². The molecule has 2 nitrogen and oxygen atoms in total. The smallest absolute Gasteiger partial charge is 0.0835 e. The minimum absolute atomic E-state index is 0.00829. The zero-order chi connectivity index (χ0) is 11.8. The molecule has 2 heteroatoms. The first-order chi connectivity index (χ1) is 7.10. The average Bonchev–Trinajstić information content (AvgIpc) is 2.28. The Morgan fingerprint density at radius 1 is 0.867 bits per heavy atom. The second-order valence-electron chi connectivity index (χ2n) is 4.39. The van der Waals surface area contributed by atoms with E-state index < -0.39 is 0 Å². The molecule has 0 aliphatic carbocycles. The lowest BCUT2D eigenvalue weighted by Crippen LogP contribution is -2.34. The van der Waals surface area contributed by atoms with Crippen LogP contribution in [0.5, 0.6) is 0 Å². The van der Waals surface area contributed by atoms with Gasteiger partial charge in [-0.25, -0.2) is 0 Å². The van der Waals surface area contributed by atoms with Gasteiger partial charge >= 0.3 is 0 Å². The van der Waals surface area contributed by atoms with Crippen molar-refractivity contribution in [3.63, 3.8) is 0 Å². The summed E-state index contributed by atoms with van der Waals surface area (Å²) in [6, 6.07) is 0. The third-order valence-electron chi connectivity index (χ3n) is 3.28. The van der Waals surface area contributed by atoms with E-state index in [4.69, 9.17) is 4.74 Å². The minimum Gasteiger partial charge on any atom is -0.390 e. The predicted molar refractivity (Wildman–Crippen MR) is 65.0 cm³/mol. The van der Waals surface area contributed by atoms with Gasteiger partial charge in [-0.15, -0.1) is 0 Å². The van der Waals surface area contributed by atoms with Crippen LogP contribution < -0.4 is 0 Å². The first-order valence-electron chi connectivity index (χ1n) is 6.44. The highest BCUT2D eigenvalue weighted by molar-refractivity contribution is 4.71. The molecule has 0 spiro atoms. The Kier molecular flexibility index (Phi) is 8.07. The Bertz CT molecular complexity index is 131. The summed E-state index contributed by atoms with van der Waals surface area (Å²) >= 11 is 0. The van der Waals surface area contributed by atoms with Crippen molar-refractivity contribution < 1.29 is 9.84 Å². The number of rotatable bonds is 8. The fourth-order valence-corrected chi connectivity index (χ4v) is 1.84. The maximum absolute atomic E-state index is 9.79. The van der Waals surface area contributed by atoms with Gasteiger partial charge in [-0.05, 0) is 25.2 Å². The van der Waals surface area contributed by atoms with Crippen LogP contribution in [0.25, 0.3) is 0 Å². The molecule has 15 heavy (non-hydrogen) atoms. The predicted octanol–water partition coefficient (Wildman–Crippen LogP) is 3.38. The Hall–Kier alpha value is -0.0800. The zero-order valence-corrected chi connectivity index (χ0v) is 11.0. The molecule has 0 radical (unpaired) electrons. The first-order valence-corrected chi connectivity index (χ1v) is 6.44. The molecule has 0 aromatic rings. The van der Waals surface area contributed by atoms with Gasteiger partial charge in [-0.2, -0.15) is 0 Å². The molecule has 0 aromatic heterocycles. The molecule has 4 unspecified atom stereocenters. The van der Waals surface area contributed by atoms with E-state index in [0.29, 0.717) is 12.0 Å². The number of aliphatic hydroxyl groups excluding tert-OH is 1. The number of ether oxygens (including phenoxy) is 1. The molecule has 0 amide bonds. The highest BCUT2D eigenvalue weighted by Gasteiger charge is 2.23. The first kappa shape index (κ1) is 14.9. The maximum atomic E-state index is 9.79. The summed E-state index contributed by atoms with van der Waals surface area (Å²) in [4.78, 5) is 0. The van der Waals surface area contributed by atoms with Crippen LogP contribution in [0.3, 0.4) is 0 Å². The van der Waals surface area contributed by atoms with Gasteiger partial charge < -0.3 is 9.84 Å². The van der Waals surface area contributed by atoms with Crippen LogP contribution in [0, 0.1) is 5.92 Å². The van der Waals surface area contributed by atoms with Crippen molar-refractivity contribution in [2.45, 2.75) is 78.6 Å². The molecule has 92 valence electrons. The van der Waals surface area contributed by atoms with E-state index in [0.717, 1.165) is 25.7 Å². The normalized spacial score (nSPS) is 19.6. The standard InChI is InChI=1S/C13H28O2/c1-6-10(5)12(8-3)15-13(9-4)11(14)7-2/h10-14H,6-9H2,1-5H3. The highest BCUT2D eigenvalue weighted by atomic mass is 16.5. The summed E-state index contributed by atoms with van der Waals surface area (Å²) < 4.78 is 6.00. The third kappa shape index (κ3) is 4.98. The molecule has 0 heterocycles. The van der Waals surface area contributed by atoms with Crippen LogP contribution in [-0.2, 0) is 4.74 Å². The van der Waals surface area contributed by atoms with E-state index in [-0.39, 0.29) is 12.2 Å².